The molecule has 2 saturated carbocycles. The molecule has 4 rings (SSSR count). The third kappa shape index (κ3) is 2.75. The third-order valence-electron chi connectivity index (χ3n) is 6.91. The minimum Gasteiger partial charge on any atom is -0.377 e. The molecule has 25 heavy (non-hydrogen) atoms. The van der Waals surface area contributed by atoms with Gasteiger partial charge < -0.3 is 15.4 Å². The monoisotopic (exact) mass is 341 g/mol. The van der Waals surface area contributed by atoms with Crippen LogP contribution in [0.15, 0.2) is 35.3 Å². The lowest BCUT2D eigenvalue weighted by atomic mass is 9.57. The second-order valence-corrected chi connectivity index (χ2v) is 8.61. The van der Waals surface area contributed by atoms with Crippen molar-refractivity contribution < 1.29 is 4.74 Å². The zero-order chi connectivity index (χ0) is 17.5. The fourth-order valence-corrected chi connectivity index (χ4v) is 5.17. The van der Waals surface area contributed by atoms with E-state index in [1.54, 1.807) is 0 Å². The summed E-state index contributed by atoms with van der Waals surface area (Å²) >= 11 is 0. The smallest absolute Gasteiger partial charge is 0.191 e. The van der Waals surface area contributed by atoms with E-state index in [-0.39, 0.29) is 10.8 Å². The number of hydrogen-bond acceptors (Lipinski definition) is 2. The highest BCUT2D eigenvalue weighted by molar-refractivity contribution is 5.80. The predicted molar refractivity (Wildman–Crippen MR) is 102 cm³/mol. The Balaban J connectivity index is 1.40. The van der Waals surface area contributed by atoms with Gasteiger partial charge in [0, 0.05) is 43.0 Å². The molecule has 1 aromatic rings. The largest absolute Gasteiger partial charge is 0.377 e. The normalized spacial score (nSPS) is 32.3. The van der Waals surface area contributed by atoms with Gasteiger partial charge in [-0.1, -0.05) is 50.6 Å². The zero-order valence-electron chi connectivity index (χ0n) is 15.7. The number of guanidine groups is 1. The molecular formula is C21H31N3O. The second-order valence-electron chi connectivity index (χ2n) is 8.61. The summed E-state index contributed by atoms with van der Waals surface area (Å²) in [4.78, 5) is 4.50. The highest BCUT2D eigenvalue weighted by atomic mass is 16.5. The van der Waals surface area contributed by atoms with Gasteiger partial charge in [-0.05, 0) is 24.8 Å². The van der Waals surface area contributed by atoms with Gasteiger partial charge in [0.1, 0.15) is 0 Å². The summed E-state index contributed by atoms with van der Waals surface area (Å²) in [6, 6.07) is 11.4. The van der Waals surface area contributed by atoms with Gasteiger partial charge in [-0.3, -0.25) is 4.99 Å². The Kier molecular flexibility index (Phi) is 4.27. The summed E-state index contributed by atoms with van der Waals surface area (Å²) < 4.78 is 5.91. The van der Waals surface area contributed by atoms with Gasteiger partial charge in [-0.15, -0.1) is 0 Å². The number of fused-ring (bicyclic) bond motifs is 1. The first kappa shape index (κ1) is 16.9. The summed E-state index contributed by atoms with van der Waals surface area (Å²) in [5.74, 6) is 1.56. The first-order chi connectivity index (χ1) is 12.1. The van der Waals surface area contributed by atoms with Crippen LogP contribution < -0.4 is 10.6 Å². The fraction of sp³-hybridized carbons (Fsp3) is 0.667. The highest BCUT2D eigenvalue weighted by Crippen LogP contribution is 2.52. The lowest BCUT2D eigenvalue weighted by molar-refractivity contribution is -0.106. The van der Waals surface area contributed by atoms with Crippen LogP contribution in [0.2, 0.25) is 0 Å². The third-order valence-corrected chi connectivity index (χ3v) is 6.91. The number of rotatable bonds is 4. The Bertz CT molecular complexity index is 636. The van der Waals surface area contributed by atoms with E-state index in [9.17, 15) is 0 Å². The van der Waals surface area contributed by atoms with Gasteiger partial charge in [0.15, 0.2) is 5.96 Å². The molecule has 4 nitrogen and oxygen atoms in total. The van der Waals surface area contributed by atoms with Crippen molar-refractivity contribution >= 4 is 5.96 Å². The first-order valence-corrected chi connectivity index (χ1v) is 9.71. The van der Waals surface area contributed by atoms with Crippen molar-refractivity contribution in [2.75, 3.05) is 20.2 Å². The average Bonchev–Trinajstić information content (AvgIpc) is 3.04. The standard InChI is InChI=1S/C21H31N3O/c1-20(2)17(16-10-13-25-18(16)20)24-19(22-3)23-14-21(11-7-12-21)15-8-5-4-6-9-15/h4-6,8-9,16-18H,7,10-14H2,1-3H3,(H2,22,23,24). The van der Waals surface area contributed by atoms with Gasteiger partial charge in [0.2, 0.25) is 0 Å². The van der Waals surface area contributed by atoms with Gasteiger partial charge in [0.05, 0.1) is 6.10 Å². The Morgan fingerprint density at radius 1 is 1.24 bits per heavy atom. The Morgan fingerprint density at radius 3 is 2.64 bits per heavy atom. The minimum absolute atomic E-state index is 0.173. The molecule has 3 aliphatic rings. The maximum Gasteiger partial charge on any atom is 0.191 e. The van der Waals surface area contributed by atoms with E-state index in [0.29, 0.717) is 18.1 Å². The molecule has 0 bridgehead atoms. The summed E-state index contributed by atoms with van der Waals surface area (Å²) in [5, 5.41) is 7.32. The van der Waals surface area contributed by atoms with Crippen molar-refractivity contribution in [2.45, 2.75) is 57.1 Å². The predicted octanol–water partition coefficient (Wildman–Crippen LogP) is 3.09. The van der Waals surface area contributed by atoms with Gasteiger partial charge in [0.25, 0.3) is 0 Å². The molecule has 2 aliphatic carbocycles. The summed E-state index contributed by atoms with van der Waals surface area (Å²) in [5.41, 5.74) is 1.90. The maximum absolute atomic E-state index is 5.91. The number of nitrogens with one attached hydrogen (secondary N) is 2. The molecule has 4 heteroatoms. The molecule has 2 N–H and O–H groups in total. The number of nitrogens with zero attached hydrogens (tertiary/aromatic N) is 1. The zero-order valence-corrected chi connectivity index (χ0v) is 15.7. The molecule has 0 radical (unpaired) electrons. The molecule has 0 amide bonds. The molecule has 3 fully saturated rings. The molecule has 1 saturated heterocycles. The lowest BCUT2D eigenvalue weighted by Gasteiger charge is -2.55. The highest BCUT2D eigenvalue weighted by Gasteiger charge is 2.59. The van der Waals surface area contributed by atoms with Crippen LogP contribution in [0.1, 0.15) is 45.1 Å². The number of benzene rings is 1. The van der Waals surface area contributed by atoms with Crippen molar-refractivity contribution in [3.63, 3.8) is 0 Å². The molecular weight excluding hydrogens is 310 g/mol. The van der Waals surface area contributed by atoms with Crippen LogP contribution in [-0.2, 0) is 10.2 Å². The van der Waals surface area contributed by atoms with Crippen LogP contribution >= 0.6 is 0 Å². The molecule has 0 aromatic heterocycles. The van der Waals surface area contributed by atoms with Crippen molar-refractivity contribution in [3.8, 4) is 0 Å². The molecule has 1 aromatic carbocycles. The van der Waals surface area contributed by atoms with Crippen molar-refractivity contribution in [1.82, 2.24) is 10.6 Å². The molecule has 0 spiro atoms. The van der Waals surface area contributed by atoms with E-state index < -0.39 is 0 Å². The Morgan fingerprint density at radius 2 is 2.00 bits per heavy atom. The van der Waals surface area contributed by atoms with Gasteiger partial charge >= 0.3 is 0 Å². The van der Waals surface area contributed by atoms with Crippen LogP contribution in [-0.4, -0.2) is 38.3 Å². The molecule has 1 heterocycles. The Hall–Kier alpha value is -1.55. The summed E-state index contributed by atoms with van der Waals surface area (Å²) in [6.45, 7) is 6.47. The van der Waals surface area contributed by atoms with Crippen LogP contribution in [0.4, 0.5) is 0 Å². The van der Waals surface area contributed by atoms with Crippen LogP contribution in [0.3, 0.4) is 0 Å². The Labute approximate surface area is 151 Å². The number of aliphatic imine (C=N–C) groups is 1. The summed E-state index contributed by atoms with van der Waals surface area (Å²) in [7, 11) is 1.87. The molecule has 3 atom stereocenters. The lowest BCUT2D eigenvalue weighted by Crippen LogP contribution is -2.68. The first-order valence-electron chi connectivity index (χ1n) is 9.71. The van der Waals surface area contributed by atoms with Crippen molar-refractivity contribution in [2.24, 2.45) is 16.3 Å². The number of ether oxygens (including phenoxy) is 1. The average molecular weight is 341 g/mol. The fourth-order valence-electron chi connectivity index (χ4n) is 5.17. The van der Waals surface area contributed by atoms with Gasteiger partial charge in [-0.25, -0.2) is 0 Å². The summed E-state index contributed by atoms with van der Waals surface area (Å²) in [6.07, 6.45) is 5.41. The quantitative estimate of drug-likeness (QED) is 0.653. The van der Waals surface area contributed by atoms with E-state index in [1.165, 1.54) is 24.8 Å². The topological polar surface area (TPSA) is 45.7 Å². The van der Waals surface area contributed by atoms with E-state index in [2.05, 4.69) is 59.8 Å². The van der Waals surface area contributed by atoms with Crippen LogP contribution in [0.25, 0.3) is 0 Å². The van der Waals surface area contributed by atoms with Gasteiger partial charge in [-0.2, -0.15) is 0 Å². The van der Waals surface area contributed by atoms with E-state index >= 15 is 0 Å². The number of hydrogen-bond donors (Lipinski definition) is 2. The molecule has 136 valence electrons. The SMILES string of the molecule is CN=C(NCC1(c2ccccc2)CCC1)NC1C2CCOC2C1(C)C. The minimum atomic E-state index is 0.173. The van der Waals surface area contributed by atoms with Crippen molar-refractivity contribution in [1.29, 1.82) is 0 Å². The molecule has 1 aliphatic heterocycles. The maximum atomic E-state index is 5.91. The van der Waals surface area contributed by atoms with Crippen LogP contribution in [0.5, 0.6) is 0 Å². The van der Waals surface area contributed by atoms with Crippen LogP contribution in [0, 0.1) is 11.3 Å². The van der Waals surface area contributed by atoms with E-state index in [4.69, 9.17) is 4.74 Å². The molecule has 3 unspecified atom stereocenters. The second kappa shape index (κ2) is 6.31. The van der Waals surface area contributed by atoms with E-state index in [1.807, 2.05) is 7.05 Å². The van der Waals surface area contributed by atoms with Crippen molar-refractivity contribution in [3.05, 3.63) is 35.9 Å². The van der Waals surface area contributed by atoms with E-state index in [0.717, 1.165) is 25.5 Å².